The van der Waals surface area contributed by atoms with E-state index in [9.17, 15) is 13.6 Å². The Morgan fingerprint density at radius 1 is 1.42 bits per heavy atom. The predicted octanol–water partition coefficient (Wildman–Crippen LogP) is 1.29. The maximum atomic E-state index is 13.7. The number of halogens is 2. The molecule has 2 unspecified atom stereocenters. The van der Waals surface area contributed by atoms with Gasteiger partial charge in [0.25, 0.3) is 0 Å². The summed E-state index contributed by atoms with van der Waals surface area (Å²) in [5.41, 5.74) is 6.00. The minimum Gasteiger partial charge on any atom is -0.469 e. The number of anilines is 1. The van der Waals surface area contributed by atoms with Gasteiger partial charge in [0.15, 0.2) is 0 Å². The number of esters is 1. The molecule has 1 fully saturated rings. The summed E-state index contributed by atoms with van der Waals surface area (Å²) in [6, 6.07) is 2.96. The lowest BCUT2D eigenvalue weighted by Gasteiger charge is -2.36. The van der Waals surface area contributed by atoms with Crippen LogP contribution >= 0.6 is 0 Å². The fraction of sp³-hybridized carbons (Fsp3) is 0.462. The Morgan fingerprint density at radius 3 is 2.84 bits per heavy atom. The molecule has 4 nitrogen and oxygen atoms in total. The van der Waals surface area contributed by atoms with Crippen molar-refractivity contribution in [3.8, 4) is 0 Å². The number of nitrogens with zero attached hydrogens (tertiary/aromatic N) is 1. The van der Waals surface area contributed by atoms with Crippen molar-refractivity contribution >= 4 is 11.7 Å². The molecule has 1 aromatic carbocycles. The molecular weight excluding hydrogens is 254 g/mol. The van der Waals surface area contributed by atoms with E-state index >= 15 is 0 Å². The van der Waals surface area contributed by atoms with Gasteiger partial charge in [-0.15, -0.1) is 0 Å². The number of carbonyl (C=O) groups is 1. The zero-order valence-electron chi connectivity index (χ0n) is 10.6. The van der Waals surface area contributed by atoms with Crippen LogP contribution in [0.25, 0.3) is 0 Å². The Labute approximate surface area is 110 Å². The van der Waals surface area contributed by atoms with Crippen molar-refractivity contribution in [2.24, 2.45) is 11.7 Å². The van der Waals surface area contributed by atoms with Crippen LogP contribution in [0.2, 0.25) is 0 Å². The van der Waals surface area contributed by atoms with E-state index in [1.807, 2.05) is 0 Å². The van der Waals surface area contributed by atoms with E-state index < -0.39 is 17.6 Å². The molecule has 1 heterocycles. The molecule has 19 heavy (non-hydrogen) atoms. The molecule has 1 aliphatic rings. The van der Waals surface area contributed by atoms with Crippen LogP contribution in [0.5, 0.6) is 0 Å². The van der Waals surface area contributed by atoms with Crippen molar-refractivity contribution < 1.29 is 18.3 Å². The summed E-state index contributed by atoms with van der Waals surface area (Å²) >= 11 is 0. The van der Waals surface area contributed by atoms with Gasteiger partial charge in [-0.2, -0.15) is 0 Å². The minimum atomic E-state index is -0.529. The van der Waals surface area contributed by atoms with E-state index in [1.54, 1.807) is 4.90 Å². The third-order valence-electron chi connectivity index (χ3n) is 3.27. The number of benzene rings is 1. The van der Waals surface area contributed by atoms with Crippen molar-refractivity contribution in [3.05, 3.63) is 29.8 Å². The van der Waals surface area contributed by atoms with Crippen molar-refractivity contribution in [1.29, 1.82) is 0 Å². The van der Waals surface area contributed by atoms with Crippen LogP contribution in [0.15, 0.2) is 18.2 Å². The summed E-state index contributed by atoms with van der Waals surface area (Å²) in [6.45, 7) is 0.661. The second-order valence-corrected chi connectivity index (χ2v) is 4.72. The predicted molar refractivity (Wildman–Crippen MR) is 66.7 cm³/mol. The molecular formula is C13H16F2N2O2. The van der Waals surface area contributed by atoms with Crippen LogP contribution in [0.1, 0.15) is 6.42 Å². The average Bonchev–Trinajstić information content (AvgIpc) is 2.39. The number of hydrogen-bond donors (Lipinski definition) is 1. The molecule has 0 aromatic heterocycles. The first-order valence-corrected chi connectivity index (χ1v) is 6.04. The van der Waals surface area contributed by atoms with Gasteiger partial charge >= 0.3 is 5.97 Å². The normalized spacial score (nSPS) is 23.3. The van der Waals surface area contributed by atoms with Crippen LogP contribution in [0.3, 0.4) is 0 Å². The molecule has 2 rings (SSSR count). The molecule has 0 saturated carbocycles. The van der Waals surface area contributed by atoms with E-state index in [0.717, 1.165) is 18.2 Å². The Morgan fingerprint density at radius 2 is 2.16 bits per heavy atom. The summed E-state index contributed by atoms with van der Waals surface area (Å²) in [6.07, 6.45) is 0.486. The smallest absolute Gasteiger partial charge is 0.310 e. The Hall–Kier alpha value is -1.69. The average molecular weight is 270 g/mol. The van der Waals surface area contributed by atoms with Gasteiger partial charge in [0.05, 0.1) is 18.7 Å². The van der Waals surface area contributed by atoms with Crippen molar-refractivity contribution in [2.45, 2.75) is 12.5 Å². The van der Waals surface area contributed by atoms with Gasteiger partial charge in [0.2, 0.25) is 0 Å². The van der Waals surface area contributed by atoms with E-state index in [4.69, 9.17) is 5.73 Å². The Balaban J connectivity index is 2.23. The summed E-state index contributed by atoms with van der Waals surface area (Å²) < 4.78 is 31.6. The topological polar surface area (TPSA) is 55.6 Å². The lowest BCUT2D eigenvalue weighted by molar-refractivity contribution is -0.145. The van der Waals surface area contributed by atoms with Crippen LogP contribution in [0, 0.1) is 17.6 Å². The number of piperidine rings is 1. The molecule has 0 spiro atoms. The summed E-state index contributed by atoms with van der Waals surface area (Å²) in [5, 5.41) is 0. The van der Waals surface area contributed by atoms with Gasteiger partial charge in [0.1, 0.15) is 11.6 Å². The standard InChI is InChI=1S/C13H16F2N2O2/c1-19-13(18)8-4-10(16)7-17(6-8)12-5-9(14)2-3-11(12)15/h2-3,5,8,10H,4,6-7,16H2,1H3. The van der Waals surface area contributed by atoms with Crippen LogP contribution < -0.4 is 10.6 Å². The van der Waals surface area contributed by atoms with Crippen molar-refractivity contribution in [1.82, 2.24) is 0 Å². The van der Waals surface area contributed by atoms with E-state index in [0.29, 0.717) is 13.0 Å². The van der Waals surface area contributed by atoms with E-state index in [1.165, 1.54) is 7.11 Å². The molecule has 2 atom stereocenters. The van der Waals surface area contributed by atoms with Crippen LogP contribution in [-0.2, 0) is 9.53 Å². The highest BCUT2D eigenvalue weighted by Crippen LogP contribution is 2.26. The lowest BCUT2D eigenvalue weighted by Crippen LogP contribution is -2.49. The maximum Gasteiger partial charge on any atom is 0.310 e. The number of hydrogen-bond acceptors (Lipinski definition) is 4. The molecule has 2 N–H and O–H groups in total. The molecule has 6 heteroatoms. The molecule has 0 aliphatic carbocycles. The first-order valence-electron chi connectivity index (χ1n) is 6.04. The molecule has 0 amide bonds. The lowest BCUT2D eigenvalue weighted by atomic mass is 9.94. The third-order valence-corrected chi connectivity index (χ3v) is 3.27. The SMILES string of the molecule is COC(=O)C1CC(N)CN(c2cc(F)ccc2F)C1. The second kappa shape index (κ2) is 5.52. The minimum absolute atomic E-state index is 0.129. The fourth-order valence-electron chi connectivity index (χ4n) is 2.40. The molecule has 104 valence electrons. The molecule has 0 radical (unpaired) electrons. The van der Waals surface area contributed by atoms with Gasteiger partial charge < -0.3 is 15.4 Å². The van der Waals surface area contributed by atoms with Gasteiger partial charge in [-0.3, -0.25) is 4.79 Å². The van der Waals surface area contributed by atoms with Crippen molar-refractivity contribution in [2.75, 3.05) is 25.1 Å². The highest BCUT2D eigenvalue weighted by atomic mass is 19.1. The highest BCUT2D eigenvalue weighted by molar-refractivity contribution is 5.73. The zero-order valence-corrected chi connectivity index (χ0v) is 10.6. The molecule has 1 aliphatic heterocycles. The first-order chi connectivity index (χ1) is 9.01. The van der Waals surface area contributed by atoms with Crippen LogP contribution in [-0.4, -0.2) is 32.2 Å². The number of rotatable bonds is 2. The van der Waals surface area contributed by atoms with Crippen LogP contribution in [0.4, 0.5) is 14.5 Å². The fourth-order valence-corrected chi connectivity index (χ4v) is 2.40. The van der Waals surface area contributed by atoms with Crippen molar-refractivity contribution in [3.63, 3.8) is 0 Å². The highest BCUT2D eigenvalue weighted by Gasteiger charge is 2.31. The first kappa shape index (κ1) is 13.7. The maximum absolute atomic E-state index is 13.7. The molecule has 1 saturated heterocycles. The summed E-state index contributed by atoms with van der Waals surface area (Å²) in [5.74, 6) is -1.85. The quantitative estimate of drug-likeness (QED) is 0.823. The molecule has 1 aromatic rings. The van der Waals surface area contributed by atoms with E-state index in [-0.39, 0.29) is 24.2 Å². The molecule has 0 bridgehead atoms. The number of methoxy groups -OCH3 is 1. The second-order valence-electron chi connectivity index (χ2n) is 4.72. The third kappa shape index (κ3) is 3.01. The largest absolute Gasteiger partial charge is 0.469 e. The monoisotopic (exact) mass is 270 g/mol. The van der Waals surface area contributed by atoms with E-state index in [2.05, 4.69) is 4.74 Å². The Bertz CT molecular complexity index is 482. The summed E-state index contributed by atoms with van der Waals surface area (Å²) in [4.78, 5) is 13.2. The summed E-state index contributed by atoms with van der Waals surface area (Å²) in [7, 11) is 1.30. The zero-order chi connectivity index (χ0) is 14.0. The van der Waals surface area contributed by atoms with Gasteiger partial charge in [0, 0.05) is 25.2 Å². The van der Waals surface area contributed by atoms with Gasteiger partial charge in [-0.25, -0.2) is 8.78 Å². The number of ether oxygens (including phenoxy) is 1. The Kier molecular flexibility index (Phi) is 3.99. The number of carbonyl (C=O) groups excluding carboxylic acids is 1. The number of nitrogens with two attached hydrogens (primary N) is 1. The van der Waals surface area contributed by atoms with Gasteiger partial charge in [-0.05, 0) is 18.6 Å². The van der Waals surface area contributed by atoms with Gasteiger partial charge in [-0.1, -0.05) is 0 Å².